The molecule has 0 saturated carbocycles. The van der Waals surface area contributed by atoms with Crippen LogP contribution >= 0.6 is 11.3 Å². The first-order chi connectivity index (χ1) is 9.67. The van der Waals surface area contributed by atoms with Crippen molar-refractivity contribution < 1.29 is 14.3 Å². The van der Waals surface area contributed by atoms with Crippen LogP contribution in [0, 0.1) is 0 Å². The van der Waals surface area contributed by atoms with Crippen molar-refractivity contribution in [3.63, 3.8) is 0 Å². The van der Waals surface area contributed by atoms with E-state index in [0.29, 0.717) is 6.54 Å². The highest BCUT2D eigenvalue weighted by Crippen LogP contribution is 2.29. The molecule has 20 heavy (non-hydrogen) atoms. The minimum absolute atomic E-state index is 0.0779. The lowest BCUT2D eigenvalue weighted by atomic mass is 10.2. The summed E-state index contributed by atoms with van der Waals surface area (Å²) in [6, 6.07) is 3.83. The zero-order chi connectivity index (χ0) is 14.5. The molecule has 2 heterocycles. The number of amides is 1. The number of esters is 1. The van der Waals surface area contributed by atoms with Crippen LogP contribution in [0.2, 0.25) is 0 Å². The van der Waals surface area contributed by atoms with Gasteiger partial charge in [-0.3, -0.25) is 14.9 Å². The number of carbonyl (C=O) groups excluding carboxylic acids is 2. The molecule has 1 N–H and O–H groups in total. The van der Waals surface area contributed by atoms with Crippen LogP contribution in [0.1, 0.15) is 37.2 Å². The van der Waals surface area contributed by atoms with Crippen molar-refractivity contribution >= 4 is 23.2 Å². The number of hydrogen-bond acceptors (Lipinski definition) is 5. The van der Waals surface area contributed by atoms with E-state index in [1.807, 2.05) is 17.5 Å². The fraction of sp³-hybridized carbons (Fsp3) is 0.571. The molecule has 2 atom stereocenters. The van der Waals surface area contributed by atoms with Crippen molar-refractivity contribution in [1.29, 1.82) is 0 Å². The van der Waals surface area contributed by atoms with Gasteiger partial charge in [0.2, 0.25) is 5.91 Å². The second kappa shape index (κ2) is 6.85. The van der Waals surface area contributed by atoms with E-state index >= 15 is 0 Å². The van der Waals surface area contributed by atoms with Crippen LogP contribution in [0.5, 0.6) is 0 Å². The van der Waals surface area contributed by atoms with E-state index < -0.39 is 0 Å². The molecule has 1 aromatic heterocycles. The van der Waals surface area contributed by atoms with E-state index in [4.69, 9.17) is 0 Å². The van der Waals surface area contributed by atoms with Crippen molar-refractivity contribution in [3.8, 4) is 0 Å². The Morgan fingerprint density at radius 1 is 1.55 bits per heavy atom. The summed E-state index contributed by atoms with van der Waals surface area (Å²) in [7, 11) is 1.36. The van der Waals surface area contributed by atoms with Crippen LogP contribution in [0.25, 0.3) is 0 Å². The van der Waals surface area contributed by atoms with Crippen molar-refractivity contribution in [1.82, 2.24) is 10.2 Å². The monoisotopic (exact) mass is 296 g/mol. The van der Waals surface area contributed by atoms with Crippen molar-refractivity contribution in [2.75, 3.05) is 13.7 Å². The van der Waals surface area contributed by atoms with Crippen molar-refractivity contribution in [2.45, 2.75) is 38.4 Å². The summed E-state index contributed by atoms with van der Waals surface area (Å²) in [5, 5.41) is 5.36. The van der Waals surface area contributed by atoms with Gasteiger partial charge >= 0.3 is 5.97 Å². The molecule has 1 fully saturated rings. The lowest BCUT2D eigenvalue weighted by molar-refractivity contribution is -0.141. The third-order valence-electron chi connectivity index (χ3n) is 3.43. The lowest BCUT2D eigenvalue weighted by Crippen LogP contribution is -2.33. The molecule has 5 nitrogen and oxygen atoms in total. The number of rotatable bonds is 6. The molecule has 0 bridgehead atoms. The van der Waals surface area contributed by atoms with Gasteiger partial charge in [0.1, 0.15) is 6.17 Å². The SMILES string of the molecule is CCCC1NC(c2cccs2)N(CCC(=O)OC)C1=O. The Balaban J connectivity index is 2.10. The summed E-state index contributed by atoms with van der Waals surface area (Å²) in [6.07, 6.45) is 1.87. The zero-order valence-electron chi connectivity index (χ0n) is 11.8. The lowest BCUT2D eigenvalue weighted by Gasteiger charge is -2.22. The zero-order valence-corrected chi connectivity index (χ0v) is 12.6. The van der Waals surface area contributed by atoms with Crippen LogP contribution in [0.15, 0.2) is 17.5 Å². The summed E-state index contributed by atoms with van der Waals surface area (Å²) in [5.41, 5.74) is 0. The van der Waals surface area contributed by atoms with Crippen LogP contribution in [-0.2, 0) is 14.3 Å². The second-order valence-corrected chi connectivity index (χ2v) is 5.76. The molecule has 0 spiro atoms. The Morgan fingerprint density at radius 3 is 2.95 bits per heavy atom. The number of thiophene rings is 1. The molecule has 0 aromatic carbocycles. The van der Waals surface area contributed by atoms with Gasteiger partial charge < -0.3 is 9.64 Å². The van der Waals surface area contributed by atoms with Gasteiger partial charge in [-0.1, -0.05) is 19.4 Å². The Morgan fingerprint density at radius 2 is 2.35 bits per heavy atom. The van der Waals surface area contributed by atoms with E-state index in [9.17, 15) is 9.59 Å². The Bertz CT molecular complexity index is 461. The summed E-state index contributed by atoms with van der Waals surface area (Å²) < 4.78 is 4.65. The smallest absolute Gasteiger partial charge is 0.307 e. The number of hydrogen-bond donors (Lipinski definition) is 1. The van der Waals surface area contributed by atoms with Crippen LogP contribution in [0.4, 0.5) is 0 Å². The van der Waals surface area contributed by atoms with Crippen molar-refractivity contribution in [3.05, 3.63) is 22.4 Å². The Hall–Kier alpha value is -1.40. The van der Waals surface area contributed by atoms with Gasteiger partial charge in [0.05, 0.1) is 19.6 Å². The standard InChI is InChI=1S/C14H20N2O3S/c1-3-5-10-14(18)16(8-7-12(17)19-2)13(15-10)11-6-4-9-20-11/h4,6,9-10,13,15H,3,5,7-8H2,1-2H3. The first kappa shape index (κ1) is 15.0. The molecule has 1 aliphatic rings. The first-order valence-corrected chi connectivity index (χ1v) is 7.72. The van der Waals surface area contributed by atoms with E-state index in [1.54, 1.807) is 16.2 Å². The van der Waals surface area contributed by atoms with E-state index in [1.165, 1.54) is 7.11 Å². The molecule has 0 aliphatic carbocycles. The maximum Gasteiger partial charge on any atom is 0.307 e. The number of ether oxygens (including phenoxy) is 1. The molecule has 1 aromatic rings. The molecule has 2 rings (SSSR count). The molecule has 2 unspecified atom stereocenters. The molecule has 6 heteroatoms. The van der Waals surface area contributed by atoms with Gasteiger partial charge in [-0.25, -0.2) is 0 Å². The minimum atomic E-state index is -0.290. The van der Waals surface area contributed by atoms with Gasteiger partial charge in [0, 0.05) is 11.4 Å². The topological polar surface area (TPSA) is 58.6 Å². The van der Waals surface area contributed by atoms with E-state index in [-0.39, 0.29) is 30.5 Å². The van der Waals surface area contributed by atoms with Gasteiger partial charge in [0.15, 0.2) is 0 Å². The Labute approximate surface area is 122 Å². The average molecular weight is 296 g/mol. The highest BCUT2D eigenvalue weighted by Gasteiger charge is 2.39. The molecule has 1 amide bonds. The molecule has 1 saturated heterocycles. The molecular weight excluding hydrogens is 276 g/mol. The molecular formula is C14H20N2O3S. The number of nitrogens with zero attached hydrogens (tertiary/aromatic N) is 1. The number of carbonyl (C=O) groups is 2. The largest absolute Gasteiger partial charge is 0.469 e. The number of methoxy groups -OCH3 is 1. The summed E-state index contributed by atoms with van der Waals surface area (Å²) >= 11 is 1.61. The van der Waals surface area contributed by atoms with Crippen LogP contribution in [-0.4, -0.2) is 36.5 Å². The predicted molar refractivity (Wildman–Crippen MR) is 77.2 cm³/mol. The third-order valence-corrected chi connectivity index (χ3v) is 4.35. The quantitative estimate of drug-likeness (QED) is 0.815. The van der Waals surface area contributed by atoms with Gasteiger partial charge in [-0.15, -0.1) is 11.3 Å². The molecule has 0 radical (unpaired) electrons. The van der Waals surface area contributed by atoms with Crippen molar-refractivity contribution in [2.24, 2.45) is 0 Å². The number of nitrogens with one attached hydrogen (secondary N) is 1. The van der Waals surface area contributed by atoms with E-state index in [0.717, 1.165) is 17.7 Å². The maximum atomic E-state index is 12.4. The highest BCUT2D eigenvalue weighted by atomic mass is 32.1. The van der Waals surface area contributed by atoms with E-state index in [2.05, 4.69) is 17.0 Å². The summed E-state index contributed by atoms with van der Waals surface area (Å²) in [4.78, 5) is 26.6. The normalized spacial score (nSPS) is 22.3. The van der Waals surface area contributed by atoms with Crippen LogP contribution in [0.3, 0.4) is 0 Å². The van der Waals surface area contributed by atoms with Gasteiger partial charge in [0.25, 0.3) is 0 Å². The van der Waals surface area contributed by atoms with Gasteiger partial charge in [-0.2, -0.15) is 0 Å². The minimum Gasteiger partial charge on any atom is -0.469 e. The summed E-state index contributed by atoms with van der Waals surface area (Å²) in [6.45, 7) is 2.45. The summed E-state index contributed by atoms with van der Waals surface area (Å²) in [5.74, 6) is -0.212. The Kier molecular flexibility index (Phi) is 5.14. The fourth-order valence-corrected chi connectivity index (χ4v) is 3.21. The third kappa shape index (κ3) is 3.19. The van der Waals surface area contributed by atoms with Crippen LogP contribution < -0.4 is 5.32 Å². The fourth-order valence-electron chi connectivity index (χ4n) is 2.41. The second-order valence-electron chi connectivity index (χ2n) is 4.78. The highest BCUT2D eigenvalue weighted by molar-refractivity contribution is 7.10. The molecule has 110 valence electrons. The predicted octanol–water partition coefficient (Wildman–Crippen LogP) is 1.91. The average Bonchev–Trinajstić information content (AvgIpc) is 3.06. The molecule has 1 aliphatic heterocycles. The first-order valence-electron chi connectivity index (χ1n) is 6.84. The maximum absolute atomic E-state index is 12.4. The van der Waals surface area contributed by atoms with Gasteiger partial charge in [-0.05, 0) is 17.9 Å².